The number of benzene rings is 1. The summed E-state index contributed by atoms with van der Waals surface area (Å²) in [6, 6.07) is 3.00. The topological polar surface area (TPSA) is 17.1 Å². The fourth-order valence-electron chi connectivity index (χ4n) is 0.812. The third kappa shape index (κ3) is 1.92. The van der Waals surface area contributed by atoms with Gasteiger partial charge in [-0.15, -0.1) is 0 Å². The average Bonchev–Trinajstić information content (AvgIpc) is 1.96. The summed E-state index contributed by atoms with van der Waals surface area (Å²) in [7, 11) is 0. The van der Waals surface area contributed by atoms with Crippen molar-refractivity contribution in [3.05, 3.63) is 32.8 Å². The Morgan fingerprint density at radius 1 is 1.25 bits per heavy atom. The lowest BCUT2D eigenvalue weighted by Gasteiger charge is -2.02. The molecule has 0 atom stereocenters. The van der Waals surface area contributed by atoms with Crippen LogP contribution in [0.4, 0.5) is 0 Å². The van der Waals surface area contributed by atoms with Crippen LogP contribution < -0.4 is 0 Å². The van der Waals surface area contributed by atoms with Crippen LogP contribution in [-0.4, -0.2) is 5.78 Å². The molecule has 0 spiro atoms. The molecule has 1 rings (SSSR count). The van der Waals surface area contributed by atoms with E-state index in [2.05, 4.69) is 0 Å². The van der Waals surface area contributed by atoms with Gasteiger partial charge >= 0.3 is 0 Å². The van der Waals surface area contributed by atoms with Crippen molar-refractivity contribution in [1.29, 1.82) is 0 Å². The zero-order chi connectivity index (χ0) is 9.30. The molecule has 1 nitrogen and oxygen atoms in total. The summed E-state index contributed by atoms with van der Waals surface area (Å²) in [6.45, 7) is 1.41. The molecule has 0 aliphatic heterocycles. The monoisotopic (exact) mass is 222 g/mol. The molecule has 12 heavy (non-hydrogen) atoms. The van der Waals surface area contributed by atoms with Crippen LogP contribution in [0, 0.1) is 0 Å². The van der Waals surface area contributed by atoms with Crippen molar-refractivity contribution in [2.24, 2.45) is 0 Å². The van der Waals surface area contributed by atoms with Crippen molar-refractivity contribution >= 4 is 40.6 Å². The van der Waals surface area contributed by atoms with Gasteiger partial charge in [0.2, 0.25) is 0 Å². The second-order valence-electron chi connectivity index (χ2n) is 2.31. The largest absolute Gasteiger partial charge is 0.294 e. The highest BCUT2D eigenvalue weighted by atomic mass is 35.5. The summed E-state index contributed by atoms with van der Waals surface area (Å²) in [4.78, 5) is 11.0. The number of hydrogen-bond donors (Lipinski definition) is 0. The van der Waals surface area contributed by atoms with Gasteiger partial charge in [-0.25, -0.2) is 0 Å². The van der Waals surface area contributed by atoms with Gasteiger partial charge in [0.1, 0.15) is 0 Å². The maximum absolute atomic E-state index is 11.0. The Morgan fingerprint density at radius 2 is 1.83 bits per heavy atom. The minimum absolute atomic E-state index is 0.149. The molecule has 0 aliphatic rings. The summed E-state index contributed by atoms with van der Waals surface area (Å²) < 4.78 is 0. The summed E-state index contributed by atoms with van der Waals surface area (Å²) >= 11 is 17.1. The van der Waals surface area contributed by atoms with E-state index in [1.807, 2.05) is 0 Å². The zero-order valence-electron chi connectivity index (χ0n) is 6.20. The van der Waals surface area contributed by atoms with E-state index in [0.717, 1.165) is 0 Å². The molecule has 0 aliphatic carbocycles. The molecule has 0 radical (unpaired) electrons. The first-order valence-electron chi connectivity index (χ1n) is 3.18. The second kappa shape index (κ2) is 3.65. The summed E-state index contributed by atoms with van der Waals surface area (Å²) in [5.41, 5.74) is 0.356. The molecule has 0 N–H and O–H groups in total. The molecule has 0 unspecified atom stereocenters. The molecule has 0 saturated heterocycles. The van der Waals surface area contributed by atoms with Crippen molar-refractivity contribution < 1.29 is 4.79 Å². The minimum atomic E-state index is -0.149. The Kier molecular flexibility index (Phi) is 2.99. The smallest absolute Gasteiger partial charge is 0.161 e. The van der Waals surface area contributed by atoms with Crippen LogP contribution in [0.15, 0.2) is 12.1 Å². The summed E-state index contributed by atoms with van der Waals surface area (Å²) in [6.07, 6.45) is 0. The van der Waals surface area contributed by atoms with E-state index >= 15 is 0 Å². The average molecular weight is 223 g/mol. The summed E-state index contributed by atoms with van der Waals surface area (Å²) in [5, 5.41) is 0.970. The number of ketones is 1. The van der Waals surface area contributed by atoms with Crippen molar-refractivity contribution in [1.82, 2.24) is 0 Å². The van der Waals surface area contributed by atoms with E-state index in [9.17, 15) is 4.79 Å². The highest BCUT2D eigenvalue weighted by molar-refractivity contribution is 6.45. The highest BCUT2D eigenvalue weighted by Crippen LogP contribution is 2.29. The van der Waals surface area contributed by atoms with Gasteiger partial charge in [-0.2, -0.15) is 0 Å². The van der Waals surface area contributed by atoms with Crippen LogP contribution in [0.3, 0.4) is 0 Å². The molecule has 0 amide bonds. The van der Waals surface area contributed by atoms with Gasteiger partial charge in [0.05, 0.1) is 10.0 Å². The molecule has 0 heterocycles. The Labute approximate surface area is 85.2 Å². The van der Waals surface area contributed by atoms with Crippen LogP contribution >= 0.6 is 34.8 Å². The number of carbonyl (C=O) groups excluding carboxylic acids is 1. The molecule has 0 saturated carbocycles. The zero-order valence-corrected chi connectivity index (χ0v) is 8.46. The Hall–Kier alpha value is -0.240. The molecule has 1 aromatic carbocycles. The summed E-state index contributed by atoms with van der Waals surface area (Å²) in [5.74, 6) is -0.149. The standard InChI is InChI=1S/C8H5Cl3O/c1-4(12)6-2-5(9)3-7(10)8(6)11/h2-3H,1H3. The van der Waals surface area contributed by atoms with Crippen molar-refractivity contribution in [3.63, 3.8) is 0 Å². The lowest BCUT2D eigenvalue weighted by atomic mass is 10.1. The molecule has 0 fully saturated rings. The van der Waals surface area contributed by atoms with Gasteiger partial charge in [-0.3, -0.25) is 4.79 Å². The fourth-order valence-corrected chi connectivity index (χ4v) is 1.55. The van der Waals surface area contributed by atoms with E-state index < -0.39 is 0 Å². The Balaban J connectivity index is 3.37. The van der Waals surface area contributed by atoms with E-state index in [1.165, 1.54) is 19.1 Å². The first kappa shape index (κ1) is 9.85. The van der Waals surface area contributed by atoms with E-state index in [-0.39, 0.29) is 10.8 Å². The van der Waals surface area contributed by atoms with Crippen LogP contribution in [0.25, 0.3) is 0 Å². The maximum atomic E-state index is 11.0. The molecular formula is C8H5Cl3O. The van der Waals surface area contributed by atoms with Crippen LogP contribution in [-0.2, 0) is 0 Å². The van der Waals surface area contributed by atoms with Gasteiger partial charge in [0.15, 0.2) is 5.78 Å². The maximum Gasteiger partial charge on any atom is 0.161 e. The van der Waals surface area contributed by atoms with Crippen molar-refractivity contribution in [3.8, 4) is 0 Å². The lowest BCUT2D eigenvalue weighted by molar-refractivity contribution is 0.101. The number of rotatable bonds is 1. The first-order chi connectivity index (χ1) is 5.52. The number of Topliss-reactive ketones (excluding diaryl/α,β-unsaturated/α-hetero) is 1. The van der Waals surface area contributed by atoms with Gasteiger partial charge in [-0.1, -0.05) is 34.8 Å². The third-order valence-corrected chi connectivity index (χ3v) is 2.39. The van der Waals surface area contributed by atoms with Gasteiger partial charge in [0, 0.05) is 10.6 Å². The first-order valence-corrected chi connectivity index (χ1v) is 4.31. The molecule has 1 aromatic rings. The highest BCUT2D eigenvalue weighted by Gasteiger charge is 2.09. The second-order valence-corrected chi connectivity index (χ2v) is 3.53. The lowest BCUT2D eigenvalue weighted by Crippen LogP contribution is -1.93. The minimum Gasteiger partial charge on any atom is -0.294 e. The normalized spacial score (nSPS) is 10.0. The molecule has 0 aromatic heterocycles. The Bertz CT molecular complexity index is 333. The Morgan fingerprint density at radius 3 is 2.33 bits per heavy atom. The van der Waals surface area contributed by atoms with Crippen molar-refractivity contribution in [2.75, 3.05) is 0 Å². The van der Waals surface area contributed by atoms with Gasteiger partial charge in [0.25, 0.3) is 0 Å². The van der Waals surface area contributed by atoms with Gasteiger partial charge in [-0.05, 0) is 19.1 Å². The van der Waals surface area contributed by atoms with Crippen LogP contribution in [0.5, 0.6) is 0 Å². The number of carbonyl (C=O) groups is 1. The predicted octanol–water partition coefficient (Wildman–Crippen LogP) is 3.85. The third-order valence-electron chi connectivity index (χ3n) is 1.37. The molecule has 64 valence electrons. The molecular weight excluding hydrogens is 218 g/mol. The molecule has 4 heteroatoms. The van der Waals surface area contributed by atoms with Crippen LogP contribution in [0.2, 0.25) is 15.1 Å². The number of halogens is 3. The quantitative estimate of drug-likeness (QED) is 0.522. The number of hydrogen-bond acceptors (Lipinski definition) is 1. The van der Waals surface area contributed by atoms with E-state index in [4.69, 9.17) is 34.8 Å². The van der Waals surface area contributed by atoms with Crippen LogP contribution in [0.1, 0.15) is 17.3 Å². The SMILES string of the molecule is CC(=O)c1cc(Cl)cc(Cl)c1Cl. The fraction of sp³-hybridized carbons (Fsp3) is 0.125. The van der Waals surface area contributed by atoms with E-state index in [1.54, 1.807) is 0 Å². The van der Waals surface area contributed by atoms with Gasteiger partial charge < -0.3 is 0 Å². The van der Waals surface area contributed by atoms with E-state index in [0.29, 0.717) is 15.6 Å². The van der Waals surface area contributed by atoms with Crippen molar-refractivity contribution in [2.45, 2.75) is 6.92 Å². The predicted molar refractivity (Wildman–Crippen MR) is 51.5 cm³/mol. The molecule has 0 bridgehead atoms.